The molecule has 23 heavy (non-hydrogen) atoms. The molecule has 1 unspecified atom stereocenters. The van der Waals surface area contributed by atoms with Crippen LogP contribution in [0.3, 0.4) is 0 Å². The molecule has 6 nitrogen and oxygen atoms in total. The van der Waals surface area contributed by atoms with Gasteiger partial charge in [-0.25, -0.2) is 0 Å². The number of rotatable bonds is 5. The molecule has 2 amide bonds. The minimum atomic E-state index is -0.519. The molecule has 1 atom stereocenters. The maximum absolute atomic E-state index is 12.1. The zero-order valence-corrected chi connectivity index (χ0v) is 13.6. The van der Waals surface area contributed by atoms with Gasteiger partial charge in [0.25, 0.3) is 5.91 Å². The lowest BCUT2D eigenvalue weighted by Gasteiger charge is -2.29. The van der Waals surface area contributed by atoms with Crippen LogP contribution in [0.4, 0.5) is 0 Å². The fraction of sp³-hybridized carbons (Fsp3) is 0.375. The van der Waals surface area contributed by atoms with E-state index in [-0.39, 0.29) is 31.0 Å². The van der Waals surface area contributed by atoms with Crippen molar-refractivity contribution in [1.82, 2.24) is 4.90 Å². The maximum Gasteiger partial charge on any atom is 0.255 e. The SMILES string of the molecule is Cl.NC(=O)COc1ccc(/C=C/C(=O)N2CCCC(N)C2)cc1. The summed E-state index contributed by atoms with van der Waals surface area (Å²) < 4.78 is 5.17. The molecule has 1 fully saturated rings. The third-order valence-electron chi connectivity index (χ3n) is 3.45. The van der Waals surface area contributed by atoms with E-state index in [0.717, 1.165) is 24.9 Å². The monoisotopic (exact) mass is 339 g/mol. The van der Waals surface area contributed by atoms with Gasteiger partial charge in [-0.15, -0.1) is 12.4 Å². The summed E-state index contributed by atoms with van der Waals surface area (Å²) in [5.41, 5.74) is 11.8. The number of amides is 2. The normalized spacial score (nSPS) is 17.6. The molecule has 0 bridgehead atoms. The van der Waals surface area contributed by atoms with Crippen LogP contribution in [-0.4, -0.2) is 42.5 Å². The Hall–Kier alpha value is -2.05. The fourth-order valence-electron chi connectivity index (χ4n) is 2.31. The molecule has 1 saturated heterocycles. The third-order valence-corrected chi connectivity index (χ3v) is 3.45. The van der Waals surface area contributed by atoms with Crippen molar-refractivity contribution in [2.24, 2.45) is 11.5 Å². The number of carbonyl (C=O) groups is 2. The number of carbonyl (C=O) groups excluding carboxylic acids is 2. The van der Waals surface area contributed by atoms with E-state index in [0.29, 0.717) is 12.3 Å². The van der Waals surface area contributed by atoms with Crippen molar-refractivity contribution in [3.05, 3.63) is 35.9 Å². The van der Waals surface area contributed by atoms with E-state index >= 15 is 0 Å². The van der Waals surface area contributed by atoms with Gasteiger partial charge >= 0.3 is 0 Å². The molecule has 4 N–H and O–H groups in total. The number of nitrogens with zero attached hydrogens (tertiary/aromatic N) is 1. The predicted octanol–water partition coefficient (Wildman–Crippen LogP) is 0.935. The Balaban J connectivity index is 0.00000264. The molecular formula is C16H22ClN3O3. The molecule has 1 aliphatic rings. The number of hydrogen-bond donors (Lipinski definition) is 2. The van der Waals surface area contributed by atoms with Gasteiger partial charge in [-0.2, -0.15) is 0 Å². The number of piperidine rings is 1. The number of benzene rings is 1. The minimum Gasteiger partial charge on any atom is -0.484 e. The van der Waals surface area contributed by atoms with Gasteiger partial charge in [-0.1, -0.05) is 12.1 Å². The number of halogens is 1. The van der Waals surface area contributed by atoms with Crippen LogP contribution in [-0.2, 0) is 9.59 Å². The van der Waals surface area contributed by atoms with Gasteiger partial charge in [0.05, 0.1) is 0 Å². The van der Waals surface area contributed by atoms with E-state index in [1.807, 2.05) is 12.1 Å². The third kappa shape index (κ3) is 6.30. The highest BCUT2D eigenvalue weighted by Gasteiger charge is 2.19. The van der Waals surface area contributed by atoms with Crippen molar-refractivity contribution in [1.29, 1.82) is 0 Å². The second-order valence-electron chi connectivity index (χ2n) is 5.34. The van der Waals surface area contributed by atoms with Crippen LogP contribution < -0.4 is 16.2 Å². The van der Waals surface area contributed by atoms with E-state index in [1.165, 1.54) is 0 Å². The van der Waals surface area contributed by atoms with E-state index in [4.69, 9.17) is 16.2 Å². The van der Waals surface area contributed by atoms with Crippen LogP contribution in [0, 0.1) is 0 Å². The molecule has 0 aromatic heterocycles. The van der Waals surface area contributed by atoms with Crippen molar-refractivity contribution in [2.45, 2.75) is 18.9 Å². The Morgan fingerprint density at radius 2 is 2.00 bits per heavy atom. The van der Waals surface area contributed by atoms with Gasteiger partial charge in [0.15, 0.2) is 6.61 Å². The Kier molecular flexibility index (Phi) is 7.57. The lowest BCUT2D eigenvalue weighted by atomic mass is 10.1. The smallest absolute Gasteiger partial charge is 0.255 e. The maximum atomic E-state index is 12.1. The second-order valence-corrected chi connectivity index (χ2v) is 5.34. The number of hydrogen-bond acceptors (Lipinski definition) is 4. The summed E-state index contributed by atoms with van der Waals surface area (Å²) in [7, 11) is 0. The number of likely N-dealkylation sites (tertiary alicyclic amines) is 1. The predicted molar refractivity (Wildman–Crippen MR) is 91.2 cm³/mol. The van der Waals surface area contributed by atoms with E-state index in [1.54, 1.807) is 29.2 Å². The average Bonchev–Trinajstić information content (AvgIpc) is 2.51. The summed E-state index contributed by atoms with van der Waals surface area (Å²) in [6.45, 7) is 1.22. The Bertz CT molecular complexity index is 560. The fourth-order valence-corrected chi connectivity index (χ4v) is 2.31. The minimum absolute atomic E-state index is 0. The lowest BCUT2D eigenvalue weighted by Crippen LogP contribution is -2.45. The lowest BCUT2D eigenvalue weighted by molar-refractivity contribution is -0.127. The second kappa shape index (κ2) is 9.17. The van der Waals surface area contributed by atoms with Gasteiger partial charge in [-0.3, -0.25) is 9.59 Å². The molecule has 0 spiro atoms. The zero-order chi connectivity index (χ0) is 15.9. The van der Waals surface area contributed by atoms with Crippen LogP contribution in [0.25, 0.3) is 6.08 Å². The summed E-state index contributed by atoms with van der Waals surface area (Å²) in [6, 6.07) is 7.14. The van der Waals surface area contributed by atoms with Crippen LogP contribution in [0.1, 0.15) is 18.4 Å². The quantitative estimate of drug-likeness (QED) is 0.780. The van der Waals surface area contributed by atoms with Gasteiger partial charge in [0.1, 0.15) is 5.75 Å². The molecule has 126 valence electrons. The van der Waals surface area contributed by atoms with Gasteiger partial charge < -0.3 is 21.1 Å². The van der Waals surface area contributed by atoms with Gasteiger partial charge in [0.2, 0.25) is 5.91 Å². The van der Waals surface area contributed by atoms with Crippen molar-refractivity contribution in [3.63, 3.8) is 0 Å². The molecule has 0 aliphatic carbocycles. The molecule has 1 heterocycles. The van der Waals surface area contributed by atoms with E-state index < -0.39 is 5.91 Å². The summed E-state index contributed by atoms with van der Waals surface area (Å²) in [4.78, 5) is 24.5. The Labute approximate surface area is 141 Å². The van der Waals surface area contributed by atoms with Crippen LogP contribution in [0.2, 0.25) is 0 Å². The molecule has 1 aromatic carbocycles. The molecule has 1 aromatic rings. The van der Waals surface area contributed by atoms with Crippen molar-refractivity contribution in [3.8, 4) is 5.75 Å². The topological polar surface area (TPSA) is 98.7 Å². The van der Waals surface area contributed by atoms with Gasteiger partial charge in [-0.05, 0) is 36.6 Å². The van der Waals surface area contributed by atoms with Crippen molar-refractivity contribution in [2.75, 3.05) is 19.7 Å². The molecular weight excluding hydrogens is 318 g/mol. The highest BCUT2D eigenvalue weighted by atomic mass is 35.5. The molecule has 1 aliphatic heterocycles. The Morgan fingerprint density at radius 3 is 2.61 bits per heavy atom. The highest BCUT2D eigenvalue weighted by Crippen LogP contribution is 2.14. The first-order chi connectivity index (χ1) is 10.5. The number of ether oxygens (including phenoxy) is 1. The summed E-state index contributed by atoms with van der Waals surface area (Å²) >= 11 is 0. The first kappa shape index (κ1) is 19.0. The molecule has 0 saturated carbocycles. The summed E-state index contributed by atoms with van der Waals surface area (Å²) in [6.07, 6.45) is 5.23. The number of nitrogens with two attached hydrogens (primary N) is 2. The molecule has 7 heteroatoms. The van der Waals surface area contributed by atoms with Crippen LogP contribution in [0.5, 0.6) is 5.75 Å². The summed E-state index contributed by atoms with van der Waals surface area (Å²) in [5, 5.41) is 0. The summed E-state index contributed by atoms with van der Waals surface area (Å²) in [5.74, 6) is 0.0165. The van der Waals surface area contributed by atoms with E-state index in [9.17, 15) is 9.59 Å². The van der Waals surface area contributed by atoms with Crippen molar-refractivity contribution >= 4 is 30.3 Å². The zero-order valence-electron chi connectivity index (χ0n) is 12.8. The van der Waals surface area contributed by atoms with E-state index in [2.05, 4.69) is 0 Å². The first-order valence-electron chi connectivity index (χ1n) is 7.28. The Morgan fingerprint density at radius 1 is 1.30 bits per heavy atom. The molecule has 0 radical (unpaired) electrons. The standard InChI is InChI=1S/C16H21N3O3.ClH/c17-13-2-1-9-19(10-13)16(21)8-5-12-3-6-14(7-4-12)22-11-15(18)20;/h3-8,13H,1-2,9-11,17H2,(H2,18,20);1H/b8-5+;. The highest BCUT2D eigenvalue weighted by molar-refractivity contribution is 5.91. The van der Waals surface area contributed by atoms with Crippen LogP contribution in [0.15, 0.2) is 30.3 Å². The largest absolute Gasteiger partial charge is 0.484 e. The molecule has 2 rings (SSSR count). The van der Waals surface area contributed by atoms with Gasteiger partial charge in [0, 0.05) is 25.2 Å². The average molecular weight is 340 g/mol. The van der Waals surface area contributed by atoms with Crippen molar-refractivity contribution < 1.29 is 14.3 Å². The first-order valence-corrected chi connectivity index (χ1v) is 7.28. The number of primary amides is 1. The van der Waals surface area contributed by atoms with Crippen LogP contribution >= 0.6 is 12.4 Å².